The van der Waals surface area contributed by atoms with Gasteiger partial charge in [0.15, 0.2) is 11.5 Å². The quantitative estimate of drug-likeness (QED) is 0.502. The van der Waals surface area contributed by atoms with E-state index in [1.807, 2.05) is 0 Å². The lowest BCUT2D eigenvalue weighted by atomic mass is 10.1. The first-order chi connectivity index (χ1) is 8.45. The molecule has 0 fully saturated rings. The van der Waals surface area contributed by atoms with Crippen molar-refractivity contribution in [2.24, 2.45) is 0 Å². The Balaban J connectivity index is 2.93. The maximum atomic E-state index is 11.4. The molecule has 0 aromatic heterocycles. The molecule has 0 heterocycles. The Hall–Kier alpha value is -2.30. The van der Waals surface area contributed by atoms with Gasteiger partial charge in [-0.1, -0.05) is 12.6 Å². The molecule has 1 aromatic rings. The molecule has 96 valence electrons. The molecule has 0 aliphatic heterocycles. The van der Waals surface area contributed by atoms with Crippen molar-refractivity contribution in [3.63, 3.8) is 0 Å². The van der Waals surface area contributed by atoms with Crippen LogP contribution in [0.1, 0.15) is 19.4 Å². The summed E-state index contributed by atoms with van der Waals surface area (Å²) in [6, 6.07) is 4.19. The number of hydrogen-bond donors (Lipinski definition) is 1. The molecule has 18 heavy (non-hydrogen) atoms. The van der Waals surface area contributed by atoms with E-state index in [0.717, 1.165) is 0 Å². The van der Waals surface area contributed by atoms with E-state index in [9.17, 15) is 14.7 Å². The number of aromatic hydroxyl groups is 1. The van der Waals surface area contributed by atoms with E-state index >= 15 is 0 Å². The number of rotatable bonds is 4. The highest BCUT2D eigenvalue weighted by Crippen LogP contribution is 2.29. The van der Waals surface area contributed by atoms with Crippen LogP contribution in [-0.2, 0) is 14.3 Å². The maximum Gasteiger partial charge on any atom is 0.338 e. The van der Waals surface area contributed by atoms with Gasteiger partial charge >= 0.3 is 11.9 Å². The molecule has 0 amide bonds. The molecule has 0 saturated heterocycles. The minimum Gasteiger partial charge on any atom is -0.504 e. The molecule has 0 unspecified atom stereocenters. The highest BCUT2D eigenvalue weighted by atomic mass is 16.5. The fraction of sp³-hybridized carbons (Fsp3) is 0.231. The average molecular weight is 250 g/mol. The summed E-state index contributed by atoms with van der Waals surface area (Å²) in [5.74, 6) is -1.31. The molecule has 0 aliphatic carbocycles. The Morgan fingerprint density at radius 3 is 2.56 bits per heavy atom. The Kier molecular flexibility index (Phi) is 4.48. The molecule has 5 heteroatoms. The number of esters is 2. The Labute approximate surface area is 105 Å². The molecule has 0 radical (unpaired) electrons. The number of hydrogen-bond acceptors (Lipinski definition) is 5. The summed E-state index contributed by atoms with van der Waals surface area (Å²) in [6.07, 6.45) is 0. The van der Waals surface area contributed by atoms with Gasteiger partial charge < -0.3 is 14.6 Å². The van der Waals surface area contributed by atoms with Gasteiger partial charge in [-0.3, -0.25) is 4.79 Å². The minimum absolute atomic E-state index is 0.0305. The lowest BCUT2D eigenvalue weighted by Gasteiger charge is -2.08. The van der Waals surface area contributed by atoms with Crippen molar-refractivity contribution in [2.45, 2.75) is 13.8 Å². The third-order valence-electron chi connectivity index (χ3n) is 2.08. The summed E-state index contributed by atoms with van der Waals surface area (Å²) >= 11 is 0. The molecule has 0 bridgehead atoms. The van der Waals surface area contributed by atoms with Crippen LogP contribution in [0.5, 0.6) is 11.5 Å². The van der Waals surface area contributed by atoms with Crippen molar-refractivity contribution < 1.29 is 24.2 Å². The van der Waals surface area contributed by atoms with Crippen LogP contribution >= 0.6 is 0 Å². The van der Waals surface area contributed by atoms with E-state index in [-0.39, 0.29) is 23.7 Å². The van der Waals surface area contributed by atoms with E-state index in [1.54, 1.807) is 6.92 Å². The van der Waals surface area contributed by atoms with Crippen LogP contribution in [0, 0.1) is 0 Å². The van der Waals surface area contributed by atoms with Crippen molar-refractivity contribution in [3.8, 4) is 11.5 Å². The minimum atomic E-state index is -0.558. The predicted octanol–water partition coefficient (Wildman–Crippen LogP) is 1.89. The number of carbonyl (C=O) groups is 2. The van der Waals surface area contributed by atoms with Crippen molar-refractivity contribution in [1.82, 2.24) is 0 Å². The summed E-state index contributed by atoms with van der Waals surface area (Å²) in [6.45, 7) is 6.74. The van der Waals surface area contributed by atoms with E-state index in [0.29, 0.717) is 5.56 Å². The van der Waals surface area contributed by atoms with Crippen LogP contribution in [0.2, 0.25) is 0 Å². The third-order valence-corrected chi connectivity index (χ3v) is 2.08. The Morgan fingerprint density at radius 2 is 2.06 bits per heavy atom. The second-order valence-corrected chi connectivity index (χ2v) is 3.48. The molecule has 1 aromatic carbocycles. The third kappa shape index (κ3) is 3.35. The largest absolute Gasteiger partial charge is 0.504 e. The van der Waals surface area contributed by atoms with E-state index < -0.39 is 11.9 Å². The van der Waals surface area contributed by atoms with Crippen molar-refractivity contribution in [1.29, 1.82) is 0 Å². The molecular weight excluding hydrogens is 236 g/mol. The van der Waals surface area contributed by atoms with Gasteiger partial charge in [-0.15, -0.1) is 0 Å². The van der Waals surface area contributed by atoms with Crippen molar-refractivity contribution in [3.05, 3.63) is 30.3 Å². The van der Waals surface area contributed by atoms with E-state index in [2.05, 4.69) is 6.58 Å². The topological polar surface area (TPSA) is 72.8 Å². The molecule has 0 atom stereocenters. The molecule has 0 spiro atoms. The standard InChI is InChI=1S/C13H14O5/c1-4-17-13(16)8(2)10-5-6-12(11(15)7-10)18-9(3)14/h5-7,15H,2,4H2,1,3H3. The van der Waals surface area contributed by atoms with Crippen LogP contribution < -0.4 is 4.74 Å². The first-order valence-electron chi connectivity index (χ1n) is 5.33. The van der Waals surface area contributed by atoms with Crippen molar-refractivity contribution in [2.75, 3.05) is 6.61 Å². The second-order valence-electron chi connectivity index (χ2n) is 3.48. The number of ether oxygens (including phenoxy) is 2. The molecule has 5 nitrogen and oxygen atoms in total. The zero-order valence-electron chi connectivity index (χ0n) is 10.2. The maximum absolute atomic E-state index is 11.4. The van der Waals surface area contributed by atoms with Gasteiger partial charge in [-0.05, 0) is 24.6 Å². The van der Waals surface area contributed by atoms with Gasteiger partial charge in [0.1, 0.15) is 0 Å². The van der Waals surface area contributed by atoms with Crippen LogP contribution in [0.4, 0.5) is 0 Å². The zero-order chi connectivity index (χ0) is 13.7. The number of phenolic OH excluding ortho intramolecular Hbond substituents is 1. The van der Waals surface area contributed by atoms with Crippen LogP contribution in [0.15, 0.2) is 24.8 Å². The smallest absolute Gasteiger partial charge is 0.338 e. The van der Waals surface area contributed by atoms with Gasteiger partial charge in [0.2, 0.25) is 0 Å². The summed E-state index contributed by atoms with van der Waals surface area (Å²) in [5.41, 5.74) is 0.531. The van der Waals surface area contributed by atoms with E-state index in [1.165, 1.54) is 25.1 Å². The first kappa shape index (κ1) is 13.8. The van der Waals surface area contributed by atoms with Gasteiger partial charge in [-0.25, -0.2) is 4.79 Å². The Bertz CT molecular complexity index is 490. The summed E-state index contributed by atoms with van der Waals surface area (Å²) in [7, 11) is 0. The first-order valence-corrected chi connectivity index (χ1v) is 5.33. The summed E-state index contributed by atoms with van der Waals surface area (Å²) < 4.78 is 9.54. The zero-order valence-corrected chi connectivity index (χ0v) is 10.2. The van der Waals surface area contributed by atoms with Crippen LogP contribution in [-0.4, -0.2) is 23.7 Å². The lowest BCUT2D eigenvalue weighted by Crippen LogP contribution is -2.06. The highest BCUT2D eigenvalue weighted by Gasteiger charge is 2.13. The molecule has 1 rings (SSSR count). The molecule has 1 N–H and O–H groups in total. The monoisotopic (exact) mass is 250 g/mol. The normalized spacial score (nSPS) is 9.67. The van der Waals surface area contributed by atoms with Gasteiger partial charge in [0, 0.05) is 6.92 Å². The van der Waals surface area contributed by atoms with Gasteiger partial charge in [-0.2, -0.15) is 0 Å². The fourth-order valence-corrected chi connectivity index (χ4v) is 1.28. The Morgan fingerprint density at radius 1 is 1.39 bits per heavy atom. The summed E-state index contributed by atoms with van der Waals surface area (Å²) in [5, 5.41) is 9.63. The summed E-state index contributed by atoms with van der Waals surface area (Å²) in [4.78, 5) is 22.2. The lowest BCUT2D eigenvalue weighted by molar-refractivity contribution is -0.136. The van der Waals surface area contributed by atoms with Gasteiger partial charge in [0.05, 0.1) is 12.2 Å². The predicted molar refractivity (Wildman–Crippen MR) is 65.1 cm³/mol. The number of phenols is 1. The highest BCUT2D eigenvalue weighted by molar-refractivity contribution is 6.15. The number of benzene rings is 1. The fourth-order valence-electron chi connectivity index (χ4n) is 1.28. The van der Waals surface area contributed by atoms with Gasteiger partial charge in [0.25, 0.3) is 0 Å². The SMILES string of the molecule is C=C(C(=O)OCC)c1ccc(OC(C)=O)c(O)c1. The van der Waals surface area contributed by atoms with Crippen LogP contribution in [0.25, 0.3) is 5.57 Å². The molecule has 0 aliphatic rings. The van der Waals surface area contributed by atoms with Crippen molar-refractivity contribution >= 4 is 17.5 Å². The molecule has 0 saturated carbocycles. The van der Waals surface area contributed by atoms with E-state index in [4.69, 9.17) is 9.47 Å². The number of carbonyl (C=O) groups excluding carboxylic acids is 2. The molecular formula is C13H14O5. The second kappa shape index (κ2) is 5.86. The average Bonchev–Trinajstić information content (AvgIpc) is 2.30. The van der Waals surface area contributed by atoms with Crippen LogP contribution in [0.3, 0.4) is 0 Å².